The molecular weight excluding hydrogens is 220 g/mol. The lowest BCUT2D eigenvalue weighted by Gasteiger charge is -2.14. The van der Waals surface area contributed by atoms with Gasteiger partial charge in [-0.2, -0.15) is 5.26 Å². The van der Waals surface area contributed by atoms with Gasteiger partial charge in [0.2, 0.25) is 0 Å². The lowest BCUT2D eigenvalue weighted by atomic mass is 10.3. The van der Waals surface area contributed by atoms with Crippen molar-refractivity contribution in [1.29, 1.82) is 5.26 Å². The van der Waals surface area contributed by atoms with Crippen LogP contribution < -0.4 is 5.73 Å². The quantitative estimate of drug-likeness (QED) is 0.509. The van der Waals surface area contributed by atoms with Crippen LogP contribution in [0.15, 0.2) is 6.20 Å². The van der Waals surface area contributed by atoms with Crippen LogP contribution in [0.5, 0.6) is 0 Å². The van der Waals surface area contributed by atoms with Gasteiger partial charge in [-0.25, -0.2) is 0 Å². The molecule has 0 bridgehead atoms. The van der Waals surface area contributed by atoms with Crippen molar-refractivity contribution in [3.63, 3.8) is 0 Å². The van der Waals surface area contributed by atoms with E-state index in [-0.39, 0.29) is 18.8 Å². The van der Waals surface area contributed by atoms with Crippen LogP contribution in [0.25, 0.3) is 0 Å². The van der Waals surface area contributed by atoms with Crippen molar-refractivity contribution in [2.24, 2.45) is 5.73 Å². The van der Waals surface area contributed by atoms with Gasteiger partial charge in [0.15, 0.2) is 5.69 Å². The van der Waals surface area contributed by atoms with Crippen molar-refractivity contribution in [3.05, 3.63) is 11.9 Å². The van der Waals surface area contributed by atoms with Crippen molar-refractivity contribution in [1.82, 2.24) is 19.9 Å². The maximum Gasteiger partial charge on any atom is 0.277 e. The number of nitrogens with zero attached hydrogens (tertiary/aromatic N) is 5. The van der Waals surface area contributed by atoms with Gasteiger partial charge < -0.3 is 10.6 Å². The van der Waals surface area contributed by atoms with E-state index in [0.29, 0.717) is 13.1 Å². The van der Waals surface area contributed by atoms with E-state index in [2.05, 4.69) is 16.2 Å². The Hall–Kier alpha value is -2.38. The molecule has 0 aliphatic rings. The van der Waals surface area contributed by atoms with Crippen LogP contribution in [-0.4, -0.2) is 45.4 Å². The maximum absolute atomic E-state index is 11.9. The zero-order valence-electron chi connectivity index (χ0n) is 9.20. The molecule has 2 N–H and O–H groups in total. The van der Waals surface area contributed by atoms with E-state index in [4.69, 9.17) is 17.4 Å². The minimum absolute atomic E-state index is 0.0656. The molecule has 1 heterocycles. The Bertz CT molecular complexity index is 450. The monoisotopic (exact) mass is 232 g/mol. The molecule has 1 aromatic rings. The smallest absolute Gasteiger partial charge is 0.277 e. The van der Waals surface area contributed by atoms with Gasteiger partial charge >= 0.3 is 0 Å². The summed E-state index contributed by atoms with van der Waals surface area (Å²) < 4.78 is 1.47. The zero-order valence-corrected chi connectivity index (χ0v) is 9.20. The first-order valence-electron chi connectivity index (χ1n) is 4.92. The summed E-state index contributed by atoms with van der Waals surface area (Å²) >= 11 is 0. The summed E-state index contributed by atoms with van der Waals surface area (Å²) in [4.78, 5) is 13.1. The lowest BCUT2D eigenvalue weighted by Crippen LogP contribution is -2.32. The normalized spacial score (nSPS) is 9.35. The van der Waals surface area contributed by atoms with E-state index in [1.54, 1.807) is 0 Å². The molecule has 0 aromatic carbocycles. The number of hydrogen-bond acceptors (Lipinski definition) is 5. The van der Waals surface area contributed by atoms with Gasteiger partial charge in [-0.1, -0.05) is 11.1 Å². The molecule has 0 atom stereocenters. The highest BCUT2D eigenvalue weighted by atomic mass is 16.2. The predicted octanol–water partition coefficient (Wildman–Crippen LogP) is -1.16. The number of rotatable bonds is 5. The highest BCUT2D eigenvalue weighted by Crippen LogP contribution is 2.00. The third-order valence-electron chi connectivity index (χ3n) is 1.95. The Balaban J connectivity index is 2.79. The fraction of sp³-hybridized carbons (Fsp3) is 0.400. The van der Waals surface area contributed by atoms with Gasteiger partial charge in [0.25, 0.3) is 5.91 Å². The average molecular weight is 232 g/mol. The lowest BCUT2D eigenvalue weighted by molar-refractivity contribution is 0.0789. The number of nitrogens with two attached hydrogens (primary N) is 1. The van der Waals surface area contributed by atoms with Crippen LogP contribution in [0.4, 0.5) is 0 Å². The fourth-order valence-corrected chi connectivity index (χ4v) is 1.20. The summed E-state index contributed by atoms with van der Waals surface area (Å²) in [6.45, 7) is 0.875. The minimum atomic E-state index is -0.409. The van der Waals surface area contributed by atoms with E-state index >= 15 is 0 Å². The van der Waals surface area contributed by atoms with Gasteiger partial charge in [-0.3, -0.25) is 9.48 Å². The third kappa shape index (κ3) is 3.30. The molecule has 0 aliphatic heterocycles. The van der Waals surface area contributed by atoms with Crippen LogP contribution in [-0.2, 0) is 6.54 Å². The summed E-state index contributed by atoms with van der Waals surface area (Å²) in [5.41, 5.74) is 5.50. The summed E-state index contributed by atoms with van der Waals surface area (Å²) in [5.74, 6) is 1.90. The van der Waals surface area contributed by atoms with Crippen molar-refractivity contribution in [2.45, 2.75) is 6.54 Å². The molecule has 7 nitrogen and oxygen atoms in total. The van der Waals surface area contributed by atoms with Crippen LogP contribution in [0.3, 0.4) is 0 Å². The molecule has 0 spiro atoms. The topological polar surface area (TPSA) is 101 Å². The largest absolute Gasteiger partial charge is 0.329 e. The second-order valence-electron chi connectivity index (χ2n) is 3.18. The van der Waals surface area contributed by atoms with E-state index in [0.717, 1.165) is 0 Å². The van der Waals surface area contributed by atoms with Crippen LogP contribution in [0.2, 0.25) is 0 Å². The van der Waals surface area contributed by atoms with Gasteiger partial charge in [0, 0.05) is 6.54 Å². The molecule has 1 rings (SSSR count). The highest BCUT2D eigenvalue weighted by Gasteiger charge is 2.17. The number of carbonyl (C=O) groups is 1. The minimum Gasteiger partial charge on any atom is -0.329 e. The zero-order chi connectivity index (χ0) is 12.7. The third-order valence-corrected chi connectivity index (χ3v) is 1.95. The molecule has 0 saturated carbocycles. The van der Waals surface area contributed by atoms with Crippen molar-refractivity contribution in [2.75, 3.05) is 19.6 Å². The SMILES string of the molecule is C#CCN(CC#N)C(=O)c1cn(CCN)nn1. The average Bonchev–Trinajstić information content (AvgIpc) is 2.77. The van der Waals surface area contributed by atoms with Gasteiger partial charge in [-0.05, 0) is 0 Å². The Kier molecular flexibility index (Phi) is 4.67. The second-order valence-corrected chi connectivity index (χ2v) is 3.18. The highest BCUT2D eigenvalue weighted by molar-refractivity contribution is 5.92. The van der Waals surface area contributed by atoms with Crippen LogP contribution in [0.1, 0.15) is 10.5 Å². The number of nitriles is 1. The molecule has 0 fully saturated rings. The molecule has 0 radical (unpaired) electrons. The predicted molar refractivity (Wildman–Crippen MR) is 59.4 cm³/mol. The first-order chi connectivity index (χ1) is 8.22. The molecule has 1 aromatic heterocycles. The summed E-state index contributed by atoms with van der Waals surface area (Å²) in [6, 6.07) is 1.87. The van der Waals surface area contributed by atoms with Gasteiger partial charge in [0.05, 0.1) is 25.4 Å². The number of carbonyl (C=O) groups excluding carboxylic acids is 1. The number of aromatic nitrogens is 3. The van der Waals surface area contributed by atoms with E-state index in [9.17, 15) is 4.79 Å². The Morgan fingerprint density at radius 1 is 1.65 bits per heavy atom. The molecule has 0 saturated heterocycles. The first kappa shape index (κ1) is 12.7. The molecule has 17 heavy (non-hydrogen) atoms. The number of terminal acetylenes is 1. The van der Waals surface area contributed by atoms with Gasteiger partial charge in [-0.15, -0.1) is 11.5 Å². The standard InChI is InChI=1S/C10H12N6O/c1-2-5-15(6-3-11)10(17)9-8-16(7-4-12)14-13-9/h1,8H,4-7,12H2. The fourth-order valence-electron chi connectivity index (χ4n) is 1.20. The Labute approximate surface area is 98.8 Å². The summed E-state index contributed by atoms with van der Waals surface area (Å²) in [7, 11) is 0. The molecule has 88 valence electrons. The maximum atomic E-state index is 11.9. The van der Waals surface area contributed by atoms with Crippen molar-refractivity contribution < 1.29 is 4.79 Å². The molecular formula is C10H12N6O. The van der Waals surface area contributed by atoms with Crippen LogP contribution in [0, 0.1) is 23.7 Å². The molecule has 0 aliphatic carbocycles. The molecule has 1 amide bonds. The molecule has 0 unspecified atom stereocenters. The van der Waals surface area contributed by atoms with Crippen molar-refractivity contribution in [3.8, 4) is 18.4 Å². The number of amides is 1. The van der Waals surface area contributed by atoms with E-state index in [1.165, 1.54) is 15.8 Å². The summed E-state index contributed by atoms with van der Waals surface area (Å²) in [5, 5.41) is 16.0. The van der Waals surface area contributed by atoms with Crippen LogP contribution >= 0.6 is 0 Å². The van der Waals surface area contributed by atoms with Crippen molar-refractivity contribution >= 4 is 5.91 Å². The Morgan fingerprint density at radius 2 is 2.41 bits per heavy atom. The summed E-state index contributed by atoms with van der Waals surface area (Å²) in [6.07, 6.45) is 6.60. The molecule has 7 heteroatoms. The first-order valence-corrected chi connectivity index (χ1v) is 4.92. The Morgan fingerprint density at radius 3 is 3.00 bits per heavy atom. The van der Waals surface area contributed by atoms with E-state index < -0.39 is 5.91 Å². The van der Waals surface area contributed by atoms with Gasteiger partial charge in [0.1, 0.15) is 6.54 Å². The second kappa shape index (κ2) is 6.26. The number of hydrogen-bond donors (Lipinski definition) is 1. The van der Waals surface area contributed by atoms with E-state index in [1.807, 2.05) is 6.07 Å².